The number of carboxylic acids is 1. The van der Waals surface area contributed by atoms with Crippen molar-refractivity contribution in [1.29, 1.82) is 0 Å². The van der Waals surface area contributed by atoms with Crippen molar-refractivity contribution in [2.45, 2.75) is 182 Å². The fraction of sp³-hybridized carbons (Fsp3) is 0.837. The average molecular weight is 889 g/mol. The van der Waals surface area contributed by atoms with Crippen molar-refractivity contribution in [3.8, 4) is 0 Å². The third-order valence-electron chi connectivity index (χ3n) is 9.50. The molecule has 17 heteroatoms. The Morgan fingerprint density at radius 3 is 1.18 bits per heavy atom. The number of amides is 6. The quantitative estimate of drug-likeness (QED) is 0.0468. The molecule has 0 radical (unpaired) electrons. The molecule has 0 unspecified atom stereocenters. The van der Waals surface area contributed by atoms with E-state index < -0.39 is 53.9 Å². The van der Waals surface area contributed by atoms with Gasteiger partial charge in [-0.3, -0.25) is 28.8 Å². The number of nitrogens with one attached hydrogen (secondary N) is 6. The topological polar surface area (TPSA) is 221 Å². The molecule has 0 aromatic carbocycles. The second kappa shape index (κ2) is 29.9. The molecule has 60 heavy (non-hydrogen) atoms. The molecule has 0 saturated carbocycles. The zero-order valence-corrected chi connectivity index (χ0v) is 40.4. The number of aliphatic carboxylic acids is 1. The van der Waals surface area contributed by atoms with Crippen LogP contribution in [0.15, 0.2) is 0 Å². The van der Waals surface area contributed by atoms with E-state index in [0.29, 0.717) is 37.2 Å². The minimum absolute atomic E-state index is 0.00138. The number of carbonyl (C=O) groups is 7. The van der Waals surface area contributed by atoms with Crippen LogP contribution in [-0.4, -0.2) is 113 Å². The highest BCUT2D eigenvalue weighted by Crippen LogP contribution is 2.16. The molecule has 0 rings (SSSR count). The van der Waals surface area contributed by atoms with E-state index in [1.54, 1.807) is 44.3 Å². The fourth-order valence-electron chi connectivity index (χ4n) is 6.55. The normalized spacial score (nSPS) is 14.8. The van der Waals surface area contributed by atoms with E-state index in [4.69, 9.17) is 4.74 Å². The van der Waals surface area contributed by atoms with Crippen molar-refractivity contribution in [2.24, 2.45) is 23.7 Å². The number of thioether (sulfide) groups is 2. The lowest BCUT2D eigenvalue weighted by atomic mass is 9.97. The van der Waals surface area contributed by atoms with Crippen LogP contribution in [0.3, 0.4) is 0 Å². The molecular formula is C43H80N6O9S2. The number of hydrogen-bond acceptors (Lipinski definition) is 10. The maximum atomic E-state index is 13.5. The smallest absolute Gasteiger partial charge is 0.407 e. The van der Waals surface area contributed by atoms with Crippen LogP contribution in [0.25, 0.3) is 0 Å². The van der Waals surface area contributed by atoms with E-state index in [0.717, 1.165) is 0 Å². The lowest BCUT2D eigenvalue weighted by Gasteiger charge is -2.27. The fourth-order valence-corrected chi connectivity index (χ4v) is 7.60. The van der Waals surface area contributed by atoms with Gasteiger partial charge < -0.3 is 41.7 Å². The van der Waals surface area contributed by atoms with Gasteiger partial charge in [-0.15, -0.1) is 0 Å². The van der Waals surface area contributed by atoms with Crippen LogP contribution in [0.4, 0.5) is 4.79 Å². The molecule has 348 valence electrons. The molecule has 7 N–H and O–H groups in total. The number of alkyl carbamates (subject to hydrolysis) is 1. The molecule has 15 nitrogen and oxygen atoms in total. The predicted octanol–water partition coefficient (Wildman–Crippen LogP) is 5.64. The summed E-state index contributed by atoms with van der Waals surface area (Å²) < 4.78 is 5.38. The molecule has 6 amide bonds. The second-order valence-electron chi connectivity index (χ2n) is 18.4. The lowest BCUT2D eigenvalue weighted by Crippen LogP contribution is -2.48. The van der Waals surface area contributed by atoms with Crippen LogP contribution in [0.5, 0.6) is 0 Å². The van der Waals surface area contributed by atoms with Gasteiger partial charge in [0.05, 0.1) is 6.42 Å². The summed E-state index contributed by atoms with van der Waals surface area (Å²) in [5.74, 6) is -0.943. The Morgan fingerprint density at radius 1 is 0.500 bits per heavy atom. The molecule has 0 aromatic rings. The van der Waals surface area contributed by atoms with Crippen molar-refractivity contribution in [3.05, 3.63) is 0 Å². The largest absolute Gasteiger partial charge is 0.481 e. The van der Waals surface area contributed by atoms with Crippen molar-refractivity contribution in [3.63, 3.8) is 0 Å². The van der Waals surface area contributed by atoms with Gasteiger partial charge in [0.25, 0.3) is 0 Å². The number of ether oxygens (including phenoxy) is 1. The SMILES string of the molecule is CSCC[C@@H](CC(=O)N[C@H](CC(=O)O)CC(C)C)NC(=O)C[C@@H](NC(=O)C[C@H](CC(C)C)NC(=O)C[C@H](CCSC)NC(=O)C[C@@H](NC(=O)OC(C)(C)C)C(C)C)C(C)C. The Hall–Kier alpha value is -3.21. The van der Waals surface area contributed by atoms with Crippen LogP contribution >= 0.6 is 23.5 Å². The van der Waals surface area contributed by atoms with Gasteiger partial charge in [-0.1, -0.05) is 55.4 Å². The van der Waals surface area contributed by atoms with Gasteiger partial charge in [-0.25, -0.2) is 4.79 Å². The Morgan fingerprint density at radius 2 is 0.833 bits per heavy atom. The van der Waals surface area contributed by atoms with Crippen molar-refractivity contribution >= 4 is 65.1 Å². The second-order valence-corrected chi connectivity index (χ2v) is 20.4. The number of carbonyl (C=O) groups excluding carboxylic acids is 6. The molecule has 0 aliphatic rings. The van der Waals surface area contributed by atoms with Gasteiger partial charge in [0.2, 0.25) is 29.5 Å². The van der Waals surface area contributed by atoms with Gasteiger partial charge in [0, 0.05) is 68.4 Å². The third-order valence-corrected chi connectivity index (χ3v) is 10.8. The van der Waals surface area contributed by atoms with Gasteiger partial charge in [0.1, 0.15) is 5.60 Å². The summed E-state index contributed by atoms with van der Waals surface area (Å²) in [5.41, 5.74) is -0.685. The summed E-state index contributed by atoms with van der Waals surface area (Å²) in [5, 5.41) is 26.9. The summed E-state index contributed by atoms with van der Waals surface area (Å²) in [4.78, 5) is 90.4. The Bertz CT molecular complexity index is 1340. The molecule has 0 spiro atoms. The first-order chi connectivity index (χ1) is 27.8. The Balaban J connectivity index is 5.64. The van der Waals surface area contributed by atoms with E-state index in [1.807, 2.05) is 67.9 Å². The highest BCUT2D eigenvalue weighted by Gasteiger charge is 2.28. The number of carboxylic acid groups (broad SMARTS) is 1. The molecule has 0 aliphatic heterocycles. The predicted molar refractivity (Wildman–Crippen MR) is 243 cm³/mol. The molecule has 6 atom stereocenters. The standard InChI is InChI=1S/C43H80N6O9S2/c1-26(2)18-32(46-36(50)20-30(14-16-59-12)45-40(54)25-35(29(7)8)49-42(57)58-43(9,10)11)22-38(52)48-34(28(5)6)24-39(53)44-31(15-17-60-13)21-37(51)47-33(19-27(3)4)23-41(55)56/h26-35H,14-25H2,1-13H3,(H,44,53)(H,45,54)(H,46,50)(H,47,51)(H,48,52)(H,49,57)(H,55,56)/t30-,31-,32-,33-,34+,35+/m0/s1. The van der Waals surface area contributed by atoms with E-state index >= 15 is 0 Å². The Kier molecular flexibility index (Phi) is 28.3. The van der Waals surface area contributed by atoms with Gasteiger partial charge in [-0.05, 0) is 94.1 Å². The molecule has 0 saturated heterocycles. The average Bonchev–Trinajstić information content (AvgIpc) is 3.06. The lowest BCUT2D eigenvalue weighted by molar-refractivity contribution is -0.138. The summed E-state index contributed by atoms with van der Waals surface area (Å²) >= 11 is 3.19. The van der Waals surface area contributed by atoms with Gasteiger partial charge in [0.15, 0.2) is 0 Å². The first-order valence-corrected chi connectivity index (χ1v) is 24.3. The van der Waals surface area contributed by atoms with Crippen LogP contribution < -0.4 is 31.9 Å². The van der Waals surface area contributed by atoms with Crippen molar-refractivity contribution in [1.82, 2.24) is 31.9 Å². The molecular weight excluding hydrogens is 809 g/mol. The van der Waals surface area contributed by atoms with Gasteiger partial charge in [-0.2, -0.15) is 23.5 Å². The monoisotopic (exact) mass is 889 g/mol. The van der Waals surface area contributed by atoms with Crippen LogP contribution in [0.1, 0.15) is 140 Å². The maximum Gasteiger partial charge on any atom is 0.407 e. The highest BCUT2D eigenvalue weighted by atomic mass is 32.2. The molecule has 0 fully saturated rings. The minimum Gasteiger partial charge on any atom is -0.481 e. The summed E-state index contributed by atoms with van der Waals surface area (Å²) in [6.45, 7) is 20.8. The molecule has 0 heterocycles. The van der Waals surface area contributed by atoms with Gasteiger partial charge >= 0.3 is 12.1 Å². The zero-order chi connectivity index (χ0) is 46.2. The Labute approximate surface area is 369 Å². The number of hydrogen-bond donors (Lipinski definition) is 7. The van der Waals surface area contributed by atoms with Crippen molar-refractivity contribution < 1.29 is 43.4 Å². The van der Waals surface area contributed by atoms with E-state index in [-0.39, 0.29) is 91.7 Å². The molecule has 0 aliphatic carbocycles. The minimum atomic E-state index is -0.993. The number of rotatable bonds is 30. The maximum absolute atomic E-state index is 13.5. The summed E-state index contributed by atoms with van der Waals surface area (Å²) in [6.07, 6.45) is 5.24. The first-order valence-electron chi connectivity index (χ1n) is 21.5. The van der Waals surface area contributed by atoms with Crippen LogP contribution in [-0.2, 0) is 33.5 Å². The zero-order valence-electron chi connectivity index (χ0n) is 38.8. The third kappa shape index (κ3) is 29.1. The first kappa shape index (κ1) is 56.8. The summed E-state index contributed by atoms with van der Waals surface area (Å²) in [7, 11) is 0. The summed E-state index contributed by atoms with van der Waals surface area (Å²) in [6, 6.07) is -2.93. The van der Waals surface area contributed by atoms with E-state index in [9.17, 15) is 38.7 Å². The van der Waals surface area contributed by atoms with E-state index in [1.165, 1.54) is 0 Å². The van der Waals surface area contributed by atoms with E-state index in [2.05, 4.69) is 31.9 Å². The molecule has 0 aromatic heterocycles. The highest BCUT2D eigenvalue weighted by molar-refractivity contribution is 7.98. The van der Waals surface area contributed by atoms with Crippen molar-refractivity contribution in [2.75, 3.05) is 24.0 Å². The van der Waals surface area contributed by atoms with Crippen LogP contribution in [0.2, 0.25) is 0 Å². The molecule has 0 bridgehead atoms. The van der Waals surface area contributed by atoms with Crippen LogP contribution in [0, 0.1) is 23.7 Å².